The maximum absolute atomic E-state index is 12.4. The number of guanidine groups is 1. The van der Waals surface area contributed by atoms with E-state index in [4.69, 9.17) is 4.74 Å². The van der Waals surface area contributed by atoms with Gasteiger partial charge in [0.15, 0.2) is 15.8 Å². The minimum Gasteiger partial charge on any atom is -0.381 e. The van der Waals surface area contributed by atoms with Gasteiger partial charge >= 0.3 is 0 Å². The maximum Gasteiger partial charge on any atom is 0.193 e. The monoisotopic (exact) mass is 394 g/mol. The van der Waals surface area contributed by atoms with Crippen molar-refractivity contribution in [1.82, 2.24) is 10.2 Å². The Kier molecular flexibility index (Phi) is 6.26. The lowest BCUT2D eigenvalue weighted by Gasteiger charge is -2.40. The molecule has 1 aromatic rings. The SMILES string of the molecule is CN=C(NCC1(S(C)(=O)=O)CCOCC1)N1CCN(c2ccccc2)CC1. The first-order valence-corrected chi connectivity index (χ1v) is 11.4. The Balaban J connectivity index is 1.60. The molecule has 1 aromatic carbocycles. The van der Waals surface area contributed by atoms with Crippen LogP contribution in [-0.2, 0) is 14.6 Å². The summed E-state index contributed by atoms with van der Waals surface area (Å²) >= 11 is 0. The van der Waals surface area contributed by atoms with Crippen LogP contribution in [0.25, 0.3) is 0 Å². The van der Waals surface area contributed by atoms with Crippen LogP contribution in [0.15, 0.2) is 35.3 Å². The van der Waals surface area contributed by atoms with Crippen LogP contribution in [0.3, 0.4) is 0 Å². The van der Waals surface area contributed by atoms with Gasteiger partial charge in [0.2, 0.25) is 0 Å². The van der Waals surface area contributed by atoms with Gasteiger partial charge in [-0.05, 0) is 25.0 Å². The van der Waals surface area contributed by atoms with Crippen LogP contribution < -0.4 is 10.2 Å². The van der Waals surface area contributed by atoms with Crippen LogP contribution in [-0.4, -0.2) is 83.3 Å². The summed E-state index contributed by atoms with van der Waals surface area (Å²) in [6, 6.07) is 10.4. The molecule has 0 bridgehead atoms. The van der Waals surface area contributed by atoms with Gasteiger partial charge in [0.1, 0.15) is 0 Å². The molecule has 2 saturated heterocycles. The number of benzene rings is 1. The minimum atomic E-state index is -3.19. The van der Waals surface area contributed by atoms with E-state index >= 15 is 0 Å². The molecule has 0 aromatic heterocycles. The molecule has 3 rings (SSSR count). The number of hydrogen-bond acceptors (Lipinski definition) is 5. The summed E-state index contributed by atoms with van der Waals surface area (Å²) in [6.07, 6.45) is 2.39. The number of rotatable bonds is 4. The number of para-hydroxylation sites is 1. The van der Waals surface area contributed by atoms with E-state index in [0.717, 1.165) is 32.1 Å². The van der Waals surface area contributed by atoms with E-state index in [1.807, 2.05) is 6.07 Å². The van der Waals surface area contributed by atoms with Gasteiger partial charge in [-0.25, -0.2) is 8.42 Å². The summed E-state index contributed by atoms with van der Waals surface area (Å²) in [5.74, 6) is 0.775. The highest BCUT2D eigenvalue weighted by molar-refractivity contribution is 7.92. The number of piperazine rings is 1. The van der Waals surface area contributed by atoms with Gasteiger partial charge in [-0.2, -0.15) is 0 Å². The van der Waals surface area contributed by atoms with Crippen LogP contribution in [0.5, 0.6) is 0 Å². The van der Waals surface area contributed by atoms with Crippen molar-refractivity contribution in [2.24, 2.45) is 4.99 Å². The van der Waals surface area contributed by atoms with E-state index in [2.05, 4.69) is 44.4 Å². The normalized spacial score (nSPS) is 21.2. The maximum atomic E-state index is 12.4. The Labute approximate surface area is 162 Å². The molecule has 0 radical (unpaired) electrons. The summed E-state index contributed by atoms with van der Waals surface area (Å²) in [6.45, 7) is 4.88. The molecule has 0 atom stereocenters. The average Bonchev–Trinajstić information content (AvgIpc) is 2.69. The van der Waals surface area contributed by atoms with Crippen molar-refractivity contribution in [3.8, 4) is 0 Å². The molecule has 7 nitrogen and oxygen atoms in total. The molecule has 2 aliphatic heterocycles. The number of ether oxygens (including phenoxy) is 1. The highest BCUT2D eigenvalue weighted by atomic mass is 32.2. The second kappa shape index (κ2) is 8.48. The van der Waals surface area contributed by atoms with E-state index in [-0.39, 0.29) is 0 Å². The smallest absolute Gasteiger partial charge is 0.193 e. The third-order valence-electron chi connectivity index (χ3n) is 5.67. The number of hydrogen-bond donors (Lipinski definition) is 1. The summed E-state index contributed by atoms with van der Waals surface area (Å²) < 4.78 is 29.5. The van der Waals surface area contributed by atoms with Crippen LogP contribution in [0, 0.1) is 0 Å². The Hall–Kier alpha value is -1.80. The van der Waals surface area contributed by atoms with Gasteiger partial charge in [-0.3, -0.25) is 4.99 Å². The first kappa shape index (κ1) is 19.9. The minimum absolute atomic E-state index is 0.376. The van der Waals surface area contributed by atoms with Gasteiger partial charge in [0.25, 0.3) is 0 Å². The first-order valence-electron chi connectivity index (χ1n) is 9.48. The van der Waals surface area contributed by atoms with Gasteiger partial charge in [0, 0.05) is 64.9 Å². The van der Waals surface area contributed by atoms with Crippen molar-refractivity contribution >= 4 is 21.5 Å². The molecule has 0 unspecified atom stereocenters. The summed E-state index contributed by atoms with van der Waals surface area (Å²) in [7, 11) is -1.44. The Morgan fingerprint density at radius 3 is 2.33 bits per heavy atom. The zero-order chi connectivity index (χ0) is 19.3. The van der Waals surface area contributed by atoms with E-state index in [0.29, 0.717) is 32.6 Å². The van der Waals surface area contributed by atoms with Crippen LogP contribution in [0.2, 0.25) is 0 Å². The van der Waals surface area contributed by atoms with Crippen molar-refractivity contribution in [1.29, 1.82) is 0 Å². The van der Waals surface area contributed by atoms with Crippen LogP contribution in [0.4, 0.5) is 5.69 Å². The second-order valence-electron chi connectivity index (χ2n) is 7.28. The van der Waals surface area contributed by atoms with Crippen LogP contribution in [0.1, 0.15) is 12.8 Å². The highest BCUT2D eigenvalue weighted by Gasteiger charge is 2.42. The molecule has 0 spiro atoms. The largest absolute Gasteiger partial charge is 0.381 e. The van der Waals surface area contributed by atoms with Crippen molar-refractivity contribution in [3.05, 3.63) is 30.3 Å². The average molecular weight is 395 g/mol. The van der Waals surface area contributed by atoms with E-state index < -0.39 is 14.6 Å². The third kappa shape index (κ3) is 4.55. The second-order valence-corrected chi connectivity index (χ2v) is 9.69. The standard InChI is InChI=1S/C19H30N4O3S/c1-20-18(21-16-19(27(2,24)25)8-14-26-15-9-19)23-12-10-22(11-13-23)17-6-4-3-5-7-17/h3-7H,8-16H2,1-2H3,(H,20,21). The quantitative estimate of drug-likeness (QED) is 0.606. The zero-order valence-electron chi connectivity index (χ0n) is 16.2. The number of anilines is 1. The molecule has 0 amide bonds. The molecule has 1 N–H and O–H groups in total. The van der Waals surface area contributed by atoms with E-state index in [1.165, 1.54) is 11.9 Å². The van der Waals surface area contributed by atoms with Gasteiger partial charge in [-0.15, -0.1) is 0 Å². The molecule has 8 heteroatoms. The fourth-order valence-electron chi connectivity index (χ4n) is 3.81. The predicted molar refractivity (Wildman–Crippen MR) is 109 cm³/mol. The summed E-state index contributed by atoms with van der Waals surface area (Å²) in [5.41, 5.74) is 1.23. The van der Waals surface area contributed by atoms with Crippen molar-refractivity contribution in [3.63, 3.8) is 0 Å². The van der Waals surface area contributed by atoms with E-state index in [9.17, 15) is 8.42 Å². The number of sulfone groups is 1. The van der Waals surface area contributed by atoms with Crippen molar-refractivity contribution in [2.45, 2.75) is 17.6 Å². The molecule has 0 saturated carbocycles. The lowest BCUT2D eigenvalue weighted by atomic mass is 9.99. The summed E-state index contributed by atoms with van der Waals surface area (Å²) in [4.78, 5) is 8.96. The predicted octanol–water partition coefficient (Wildman–Crippen LogP) is 0.978. The number of aliphatic imine (C=N–C) groups is 1. The lowest BCUT2D eigenvalue weighted by Crippen LogP contribution is -2.57. The Morgan fingerprint density at radius 1 is 1.15 bits per heavy atom. The van der Waals surface area contributed by atoms with Crippen LogP contribution >= 0.6 is 0 Å². The fraction of sp³-hybridized carbons (Fsp3) is 0.632. The van der Waals surface area contributed by atoms with Gasteiger partial charge < -0.3 is 19.9 Å². The zero-order valence-corrected chi connectivity index (χ0v) is 17.0. The van der Waals surface area contributed by atoms with Gasteiger partial charge in [-0.1, -0.05) is 18.2 Å². The molecule has 2 fully saturated rings. The number of nitrogens with zero attached hydrogens (tertiary/aromatic N) is 3. The first-order chi connectivity index (χ1) is 13.0. The van der Waals surface area contributed by atoms with E-state index in [1.54, 1.807) is 7.05 Å². The molecule has 2 aliphatic rings. The van der Waals surface area contributed by atoms with Crippen molar-refractivity contribution in [2.75, 3.05) is 64.1 Å². The van der Waals surface area contributed by atoms with Crippen molar-refractivity contribution < 1.29 is 13.2 Å². The third-order valence-corrected chi connectivity index (χ3v) is 7.80. The molecular weight excluding hydrogens is 364 g/mol. The Morgan fingerprint density at radius 2 is 1.78 bits per heavy atom. The van der Waals surface area contributed by atoms with Gasteiger partial charge in [0.05, 0.1) is 4.75 Å². The lowest BCUT2D eigenvalue weighted by molar-refractivity contribution is 0.0754. The number of nitrogens with one attached hydrogen (secondary N) is 1. The summed E-state index contributed by atoms with van der Waals surface area (Å²) in [5, 5.41) is 3.33. The highest BCUT2D eigenvalue weighted by Crippen LogP contribution is 2.28. The molecule has 2 heterocycles. The molecule has 0 aliphatic carbocycles. The fourth-order valence-corrected chi connectivity index (χ4v) is 5.05. The topological polar surface area (TPSA) is 74.2 Å². The molecule has 27 heavy (non-hydrogen) atoms. The molecule has 150 valence electrons. The molecular formula is C19H30N4O3S. The Bertz CT molecular complexity index is 737.